The Balaban J connectivity index is 2.29. The number of hydrogen-bond donors (Lipinski definition) is 3. The van der Waals surface area contributed by atoms with Gasteiger partial charge >= 0.3 is 0 Å². The fourth-order valence-corrected chi connectivity index (χ4v) is 1.84. The molecule has 0 saturated carbocycles. The Bertz CT molecular complexity index is 700. The van der Waals surface area contributed by atoms with Crippen molar-refractivity contribution in [2.24, 2.45) is 5.73 Å². The molecule has 2 aromatic carbocycles. The number of rotatable bonds is 5. The number of aromatic hydroxyl groups is 1. The lowest BCUT2D eigenvalue weighted by atomic mass is 10.1. The van der Waals surface area contributed by atoms with E-state index in [1.165, 1.54) is 24.3 Å². The molecule has 2 aromatic rings. The number of phenolic OH excluding ortho intramolecular Hbond substituents is 1. The minimum atomic E-state index is -0.671. The standard InChI is InChI=1S/C14H13N3O4/c15-14(19)9-5-6-12(17(20)21)11(7-9)16-8-10-3-1-2-4-13(10)18/h1-7,16,18H,8H2,(H2,15,19). The van der Waals surface area contributed by atoms with Crippen LogP contribution in [0.25, 0.3) is 0 Å². The van der Waals surface area contributed by atoms with E-state index >= 15 is 0 Å². The maximum absolute atomic E-state index is 11.1. The molecular formula is C14H13N3O4. The van der Waals surface area contributed by atoms with Gasteiger partial charge in [-0.15, -0.1) is 0 Å². The largest absolute Gasteiger partial charge is 0.508 e. The number of hydrogen-bond acceptors (Lipinski definition) is 5. The van der Waals surface area contributed by atoms with Crippen LogP contribution in [-0.2, 0) is 6.54 Å². The predicted molar refractivity (Wildman–Crippen MR) is 77.0 cm³/mol. The first-order chi connectivity index (χ1) is 9.99. The molecule has 4 N–H and O–H groups in total. The second-order valence-electron chi connectivity index (χ2n) is 4.34. The fraction of sp³-hybridized carbons (Fsp3) is 0.0714. The van der Waals surface area contributed by atoms with Crippen molar-refractivity contribution in [1.82, 2.24) is 0 Å². The van der Waals surface area contributed by atoms with Gasteiger partial charge in [-0.3, -0.25) is 14.9 Å². The van der Waals surface area contributed by atoms with Gasteiger partial charge in [0, 0.05) is 23.7 Å². The van der Waals surface area contributed by atoms with Crippen LogP contribution >= 0.6 is 0 Å². The van der Waals surface area contributed by atoms with E-state index in [4.69, 9.17) is 5.73 Å². The van der Waals surface area contributed by atoms with Gasteiger partial charge in [0.25, 0.3) is 5.69 Å². The molecule has 0 atom stereocenters. The Morgan fingerprint density at radius 3 is 2.62 bits per heavy atom. The summed E-state index contributed by atoms with van der Waals surface area (Å²) in [6.45, 7) is 0.176. The average Bonchev–Trinajstić information content (AvgIpc) is 2.46. The first-order valence-electron chi connectivity index (χ1n) is 6.08. The summed E-state index contributed by atoms with van der Waals surface area (Å²) in [5, 5.41) is 23.5. The van der Waals surface area contributed by atoms with Crippen LogP contribution in [0.2, 0.25) is 0 Å². The van der Waals surface area contributed by atoms with Gasteiger partial charge in [0.1, 0.15) is 11.4 Å². The molecule has 0 aliphatic heterocycles. The molecule has 1 amide bonds. The van der Waals surface area contributed by atoms with E-state index < -0.39 is 10.8 Å². The molecule has 0 heterocycles. The van der Waals surface area contributed by atoms with Crippen molar-refractivity contribution in [2.45, 2.75) is 6.54 Å². The molecule has 21 heavy (non-hydrogen) atoms. The van der Waals surface area contributed by atoms with E-state index in [0.717, 1.165) is 0 Å². The van der Waals surface area contributed by atoms with Crippen molar-refractivity contribution >= 4 is 17.3 Å². The highest BCUT2D eigenvalue weighted by Gasteiger charge is 2.16. The number of carbonyl (C=O) groups is 1. The van der Waals surface area contributed by atoms with Gasteiger partial charge in [0.2, 0.25) is 5.91 Å². The molecule has 7 heteroatoms. The molecule has 0 unspecified atom stereocenters. The smallest absolute Gasteiger partial charge is 0.292 e. The van der Waals surface area contributed by atoms with Gasteiger partial charge in [-0.05, 0) is 18.2 Å². The van der Waals surface area contributed by atoms with Crippen LogP contribution in [0, 0.1) is 10.1 Å². The summed E-state index contributed by atoms with van der Waals surface area (Å²) >= 11 is 0. The lowest BCUT2D eigenvalue weighted by Crippen LogP contribution is -2.12. The third kappa shape index (κ3) is 3.27. The van der Waals surface area contributed by atoms with Crippen LogP contribution < -0.4 is 11.1 Å². The zero-order valence-electron chi connectivity index (χ0n) is 10.9. The van der Waals surface area contributed by atoms with Gasteiger partial charge in [-0.1, -0.05) is 18.2 Å². The Morgan fingerprint density at radius 2 is 2.00 bits per heavy atom. The van der Waals surface area contributed by atoms with Crippen LogP contribution in [0.5, 0.6) is 5.75 Å². The van der Waals surface area contributed by atoms with Crippen molar-refractivity contribution in [1.29, 1.82) is 0 Å². The van der Waals surface area contributed by atoms with Crippen LogP contribution in [0.1, 0.15) is 15.9 Å². The van der Waals surface area contributed by atoms with Crippen molar-refractivity contribution in [3.63, 3.8) is 0 Å². The van der Waals surface area contributed by atoms with Gasteiger partial charge in [-0.25, -0.2) is 0 Å². The zero-order chi connectivity index (χ0) is 15.4. The number of para-hydroxylation sites is 1. The first-order valence-corrected chi connectivity index (χ1v) is 6.08. The van der Waals surface area contributed by atoms with Gasteiger partial charge in [-0.2, -0.15) is 0 Å². The van der Waals surface area contributed by atoms with Gasteiger partial charge in [0.15, 0.2) is 0 Å². The van der Waals surface area contributed by atoms with Gasteiger partial charge in [0.05, 0.1) is 4.92 Å². The lowest BCUT2D eigenvalue weighted by molar-refractivity contribution is -0.384. The Hall–Kier alpha value is -3.09. The molecule has 0 fully saturated rings. The summed E-state index contributed by atoms with van der Waals surface area (Å²) in [5.41, 5.74) is 5.91. The maximum Gasteiger partial charge on any atom is 0.292 e. The number of nitro groups is 1. The topological polar surface area (TPSA) is 118 Å². The van der Waals surface area contributed by atoms with Crippen LogP contribution in [0.3, 0.4) is 0 Å². The van der Waals surface area contributed by atoms with E-state index in [9.17, 15) is 20.0 Å². The zero-order valence-corrected chi connectivity index (χ0v) is 10.9. The quantitative estimate of drug-likeness (QED) is 0.574. The number of nitro benzene ring substituents is 1. The molecule has 0 spiro atoms. The minimum Gasteiger partial charge on any atom is -0.508 e. The summed E-state index contributed by atoms with van der Waals surface area (Å²) in [5.74, 6) is -0.589. The highest BCUT2D eigenvalue weighted by molar-refractivity contribution is 5.94. The number of nitrogens with zero attached hydrogens (tertiary/aromatic N) is 1. The summed E-state index contributed by atoms with van der Waals surface area (Å²) in [6, 6.07) is 10.5. The highest BCUT2D eigenvalue weighted by Crippen LogP contribution is 2.27. The third-order valence-corrected chi connectivity index (χ3v) is 2.94. The Labute approximate surface area is 120 Å². The van der Waals surface area contributed by atoms with E-state index in [1.54, 1.807) is 18.2 Å². The number of primary amides is 1. The molecule has 0 saturated heterocycles. The lowest BCUT2D eigenvalue weighted by Gasteiger charge is -2.09. The summed E-state index contributed by atoms with van der Waals surface area (Å²) in [7, 11) is 0. The molecule has 2 rings (SSSR count). The summed E-state index contributed by atoms with van der Waals surface area (Å²) < 4.78 is 0. The number of benzene rings is 2. The first kappa shape index (κ1) is 14.3. The van der Waals surface area contributed by atoms with Crippen LogP contribution in [-0.4, -0.2) is 15.9 Å². The van der Waals surface area contributed by atoms with Crippen molar-refractivity contribution < 1.29 is 14.8 Å². The predicted octanol–water partition coefficient (Wildman–Crippen LogP) is 2.01. The molecule has 0 aliphatic carbocycles. The average molecular weight is 287 g/mol. The van der Waals surface area contributed by atoms with Crippen molar-refractivity contribution in [2.75, 3.05) is 5.32 Å². The third-order valence-electron chi connectivity index (χ3n) is 2.94. The Morgan fingerprint density at radius 1 is 1.29 bits per heavy atom. The second-order valence-corrected chi connectivity index (χ2v) is 4.34. The van der Waals surface area contributed by atoms with E-state index in [1.807, 2.05) is 0 Å². The fourth-order valence-electron chi connectivity index (χ4n) is 1.84. The molecule has 0 aromatic heterocycles. The van der Waals surface area contributed by atoms with E-state index in [2.05, 4.69) is 5.32 Å². The summed E-state index contributed by atoms with van der Waals surface area (Å²) in [6.07, 6.45) is 0. The molecule has 0 bridgehead atoms. The second kappa shape index (κ2) is 5.91. The van der Waals surface area contributed by atoms with Crippen LogP contribution in [0.4, 0.5) is 11.4 Å². The molecule has 7 nitrogen and oxygen atoms in total. The number of carbonyl (C=O) groups excluding carboxylic acids is 1. The van der Waals surface area contributed by atoms with Gasteiger partial charge < -0.3 is 16.2 Å². The number of anilines is 1. The number of phenols is 1. The van der Waals surface area contributed by atoms with Crippen molar-refractivity contribution in [3.8, 4) is 5.75 Å². The summed E-state index contributed by atoms with van der Waals surface area (Å²) in [4.78, 5) is 21.6. The van der Waals surface area contributed by atoms with Crippen molar-refractivity contribution in [3.05, 3.63) is 63.7 Å². The number of nitrogens with one attached hydrogen (secondary N) is 1. The maximum atomic E-state index is 11.1. The molecule has 0 radical (unpaired) electrons. The monoisotopic (exact) mass is 287 g/mol. The number of nitrogens with two attached hydrogens (primary N) is 1. The molecule has 0 aliphatic rings. The highest BCUT2D eigenvalue weighted by atomic mass is 16.6. The number of amides is 1. The minimum absolute atomic E-state index is 0.0821. The van der Waals surface area contributed by atoms with E-state index in [0.29, 0.717) is 5.56 Å². The Kier molecular flexibility index (Phi) is 4.03. The SMILES string of the molecule is NC(=O)c1ccc([N+](=O)[O-])c(NCc2ccccc2O)c1. The molecular weight excluding hydrogens is 274 g/mol. The molecule has 108 valence electrons. The van der Waals surface area contributed by atoms with Crippen LogP contribution in [0.15, 0.2) is 42.5 Å². The normalized spacial score (nSPS) is 10.1. The van der Waals surface area contributed by atoms with E-state index in [-0.39, 0.29) is 29.2 Å².